The maximum absolute atomic E-state index is 12.5. The summed E-state index contributed by atoms with van der Waals surface area (Å²) in [4.78, 5) is 24.2. The first-order chi connectivity index (χ1) is 10.7. The first-order valence-electron chi connectivity index (χ1n) is 6.99. The van der Waals surface area contributed by atoms with Crippen molar-refractivity contribution in [2.45, 2.75) is 13.2 Å². The quantitative estimate of drug-likeness (QED) is 0.910. The largest absolute Gasteiger partial charge is 0.380 e. The van der Waals surface area contributed by atoms with E-state index >= 15 is 0 Å². The lowest BCUT2D eigenvalue weighted by Gasteiger charge is -2.11. The van der Waals surface area contributed by atoms with Crippen LogP contribution in [0.1, 0.15) is 31.8 Å². The first-order valence-corrected chi connectivity index (χ1v) is 6.99. The minimum atomic E-state index is -0.208. The molecule has 5 nitrogen and oxygen atoms in total. The molecular weight excluding hydrogens is 280 g/mol. The second kappa shape index (κ2) is 5.99. The van der Waals surface area contributed by atoms with Gasteiger partial charge in [0.05, 0.1) is 6.61 Å². The van der Waals surface area contributed by atoms with E-state index in [0.29, 0.717) is 30.0 Å². The Morgan fingerprint density at radius 1 is 1.23 bits per heavy atom. The summed E-state index contributed by atoms with van der Waals surface area (Å²) in [5.74, 6) is -0.314. The summed E-state index contributed by atoms with van der Waals surface area (Å²) in [6.45, 7) is 0.806. The number of anilines is 1. The molecule has 0 fully saturated rings. The van der Waals surface area contributed by atoms with E-state index in [1.807, 2.05) is 18.2 Å². The van der Waals surface area contributed by atoms with Crippen molar-refractivity contribution in [3.05, 3.63) is 64.7 Å². The molecule has 0 aromatic heterocycles. The lowest BCUT2D eigenvalue weighted by molar-refractivity contribution is 0.0964. The Morgan fingerprint density at radius 3 is 2.86 bits per heavy atom. The zero-order valence-corrected chi connectivity index (χ0v) is 12.2. The number of rotatable bonds is 4. The molecule has 5 heteroatoms. The fourth-order valence-electron chi connectivity index (χ4n) is 2.58. The lowest BCUT2D eigenvalue weighted by atomic mass is 10.1. The number of fused-ring (bicyclic) bond motifs is 1. The van der Waals surface area contributed by atoms with Crippen LogP contribution < -0.4 is 10.6 Å². The standard InChI is InChI=1S/C17H16N2O3/c1-22-10-11-5-2-3-6-12(11)17(21)19-15-8-4-7-13-14(15)9-18-16(13)20/h2-8H,9-10H2,1H3,(H,18,20)(H,19,21). The van der Waals surface area contributed by atoms with Gasteiger partial charge in [-0.3, -0.25) is 9.59 Å². The van der Waals surface area contributed by atoms with E-state index < -0.39 is 0 Å². The molecule has 2 aromatic carbocycles. The number of benzene rings is 2. The smallest absolute Gasteiger partial charge is 0.256 e. The molecule has 0 saturated carbocycles. The van der Waals surface area contributed by atoms with Gasteiger partial charge in [0.15, 0.2) is 0 Å². The molecule has 1 aliphatic heterocycles. The Labute approximate surface area is 128 Å². The van der Waals surface area contributed by atoms with Gasteiger partial charge in [-0.15, -0.1) is 0 Å². The number of hydrogen-bond acceptors (Lipinski definition) is 3. The monoisotopic (exact) mass is 296 g/mol. The molecule has 3 rings (SSSR count). The number of hydrogen-bond donors (Lipinski definition) is 2. The summed E-state index contributed by atoms with van der Waals surface area (Å²) in [6.07, 6.45) is 0. The molecule has 0 atom stereocenters. The molecule has 2 N–H and O–H groups in total. The highest BCUT2D eigenvalue weighted by Crippen LogP contribution is 2.25. The van der Waals surface area contributed by atoms with E-state index in [1.54, 1.807) is 31.4 Å². The van der Waals surface area contributed by atoms with Crippen LogP contribution in [0.4, 0.5) is 5.69 Å². The van der Waals surface area contributed by atoms with Crippen LogP contribution in [0, 0.1) is 0 Å². The molecule has 0 spiro atoms. The van der Waals surface area contributed by atoms with Crippen LogP contribution in [0.3, 0.4) is 0 Å². The summed E-state index contributed by atoms with van der Waals surface area (Å²) in [7, 11) is 1.59. The van der Waals surface area contributed by atoms with Crippen LogP contribution in [0.5, 0.6) is 0 Å². The molecule has 1 aliphatic rings. The molecule has 0 saturated heterocycles. The van der Waals surface area contributed by atoms with Gasteiger partial charge in [0.1, 0.15) is 0 Å². The molecule has 0 aliphatic carbocycles. The highest BCUT2D eigenvalue weighted by molar-refractivity contribution is 6.07. The number of amides is 2. The van der Waals surface area contributed by atoms with Gasteiger partial charge in [0, 0.05) is 36.0 Å². The van der Waals surface area contributed by atoms with Gasteiger partial charge in [-0.25, -0.2) is 0 Å². The number of nitrogens with one attached hydrogen (secondary N) is 2. The fourth-order valence-corrected chi connectivity index (χ4v) is 2.58. The van der Waals surface area contributed by atoms with Crippen molar-refractivity contribution in [1.29, 1.82) is 0 Å². The van der Waals surface area contributed by atoms with Crippen molar-refractivity contribution in [1.82, 2.24) is 5.32 Å². The van der Waals surface area contributed by atoms with Crippen molar-refractivity contribution in [3.63, 3.8) is 0 Å². The number of ether oxygens (including phenoxy) is 1. The van der Waals surface area contributed by atoms with Crippen LogP contribution in [-0.2, 0) is 17.9 Å². The molecule has 112 valence electrons. The Hall–Kier alpha value is -2.66. The van der Waals surface area contributed by atoms with Crippen LogP contribution in [0.2, 0.25) is 0 Å². The average molecular weight is 296 g/mol. The molecule has 1 heterocycles. The summed E-state index contributed by atoms with van der Waals surface area (Å²) in [5, 5.41) is 5.65. The first kappa shape index (κ1) is 14.3. The summed E-state index contributed by atoms with van der Waals surface area (Å²) >= 11 is 0. The molecule has 2 amide bonds. The summed E-state index contributed by atoms with van der Waals surface area (Å²) in [5.41, 5.74) is 3.49. The van der Waals surface area contributed by atoms with Crippen LogP contribution >= 0.6 is 0 Å². The molecule has 22 heavy (non-hydrogen) atoms. The van der Waals surface area contributed by atoms with E-state index in [2.05, 4.69) is 10.6 Å². The summed E-state index contributed by atoms with van der Waals surface area (Å²) < 4.78 is 5.12. The molecule has 0 radical (unpaired) electrons. The second-order valence-corrected chi connectivity index (χ2v) is 5.06. The number of carbonyl (C=O) groups is 2. The van der Waals surface area contributed by atoms with Gasteiger partial charge >= 0.3 is 0 Å². The third-order valence-corrected chi connectivity index (χ3v) is 3.66. The lowest BCUT2D eigenvalue weighted by Crippen LogP contribution is -2.16. The maximum atomic E-state index is 12.5. The Balaban J connectivity index is 1.89. The summed E-state index contributed by atoms with van der Waals surface area (Å²) in [6, 6.07) is 12.6. The zero-order chi connectivity index (χ0) is 15.5. The topological polar surface area (TPSA) is 67.4 Å². The Kier molecular flexibility index (Phi) is 3.89. The van der Waals surface area contributed by atoms with E-state index in [1.165, 1.54) is 0 Å². The van der Waals surface area contributed by atoms with Gasteiger partial charge < -0.3 is 15.4 Å². The highest BCUT2D eigenvalue weighted by atomic mass is 16.5. The van der Waals surface area contributed by atoms with Gasteiger partial charge in [-0.2, -0.15) is 0 Å². The maximum Gasteiger partial charge on any atom is 0.256 e. The van der Waals surface area contributed by atoms with Crippen molar-refractivity contribution in [2.24, 2.45) is 0 Å². The van der Waals surface area contributed by atoms with Crippen LogP contribution in [0.15, 0.2) is 42.5 Å². The minimum absolute atomic E-state index is 0.106. The van der Waals surface area contributed by atoms with Crippen molar-refractivity contribution >= 4 is 17.5 Å². The fraction of sp³-hybridized carbons (Fsp3) is 0.176. The van der Waals surface area contributed by atoms with E-state index in [4.69, 9.17) is 4.74 Å². The normalized spacial score (nSPS) is 12.7. The molecule has 0 bridgehead atoms. The zero-order valence-electron chi connectivity index (χ0n) is 12.2. The average Bonchev–Trinajstić information content (AvgIpc) is 2.91. The number of methoxy groups -OCH3 is 1. The van der Waals surface area contributed by atoms with Crippen molar-refractivity contribution in [2.75, 3.05) is 12.4 Å². The molecule has 0 unspecified atom stereocenters. The molecule has 2 aromatic rings. The van der Waals surface area contributed by atoms with Crippen LogP contribution in [-0.4, -0.2) is 18.9 Å². The highest BCUT2D eigenvalue weighted by Gasteiger charge is 2.22. The Bertz CT molecular complexity index is 740. The van der Waals surface area contributed by atoms with Gasteiger partial charge in [-0.05, 0) is 23.8 Å². The second-order valence-electron chi connectivity index (χ2n) is 5.06. The molecular formula is C17H16N2O3. The van der Waals surface area contributed by atoms with Crippen molar-refractivity contribution < 1.29 is 14.3 Å². The van der Waals surface area contributed by atoms with Gasteiger partial charge in [-0.1, -0.05) is 24.3 Å². The van der Waals surface area contributed by atoms with E-state index in [9.17, 15) is 9.59 Å². The Morgan fingerprint density at radius 2 is 2.05 bits per heavy atom. The van der Waals surface area contributed by atoms with Gasteiger partial charge in [0.25, 0.3) is 11.8 Å². The van der Waals surface area contributed by atoms with Crippen molar-refractivity contribution in [3.8, 4) is 0 Å². The van der Waals surface area contributed by atoms with Gasteiger partial charge in [0.2, 0.25) is 0 Å². The van der Waals surface area contributed by atoms with Crippen LogP contribution in [0.25, 0.3) is 0 Å². The number of carbonyl (C=O) groups excluding carboxylic acids is 2. The third kappa shape index (κ3) is 2.58. The van der Waals surface area contributed by atoms with E-state index in [0.717, 1.165) is 11.1 Å². The minimum Gasteiger partial charge on any atom is -0.380 e. The third-order valence-electron chi connectivity index (χ3n) is 3.66. The van der Waals surface area contributed by atoms with E-state index in [-0.39, 0.29) is 11.8 Å². The predicted molar refractivity (Wildman–Crippen MR) is 82.7 cm³/mol. The SMILES string of the molecule is COCc1ccccc1C(=O)Nc1cccc2c1CNC2=O. The predicted octanol–water partition coefficient (Wildman–Crippen LogP) is 2.33.